The third-order valence-corrected chi connectivity index (χ3v) is 2.79. The summed E-state index contributed by atoms with van der Waals surface area (Å²) in [7, 11) is 0. The molecule has 0 aliphatic heterocycles. The van der Waals surface area contributed by atoms with Crippen LogP contribution < -0.4 is 0 Å². The molecule has 0 bridgehead atoms. The lowest BCUT2D eigenvalue weighted by molar-refractivity contribution is 0.916. The SMILES string of the molecule is CCCc1cnccc1-c1ccc(C)cc1. The highest BCUT2D eigenvalue weighted by atomic mass is 14.6. The van der Waals surface area contributed by atoms with Crippen molar-refractivity contribution in [1.29, 1.82) is 0 Å². The van der Waals surface area contributed by atoms with E-state index < -0.39 is 0 Å². The minimum atomic E-state index is 1.09. The molecule has 0 fully saturated rings. The van der Waals surface area contributed by atoms with Crippen LogP contribution >= 0.6 is 0 Å². The third-order valence-electron chi connectivity index (χ3n) is 2.79. The first-order valence-electron chi connectivity index (χ1n) is 5.81. The standard InChI is InChI=1S/C15H17N/c1-3-4-14-11-16-10-9-15(14)13-7-5-12(2)6-8-13/h5-11H,3-4H2,1-2H3. The van der Waals surface area contributed by atoms with E-state index >= 15 is 0 Å². The van der Waals surface area contributed by atoms with E-state index in [2.05, 4.69) is 49.2 Å². The van der Waals surface area contributed by atoms with Gasteiger partial charge in [-0.3, -0.25) is 4.98 Å². The van der Waals surface area contributed by atoms with Gasteiger partial charge in [0.05, 0.1) is 0 Å². The summed E-state index contributed by atoms with van der Waals surface area (Å²) in [6.45, 7) is 4.31. The first-order chi connectivity index (χ1) is 7.81. The quantitative estimate of drug-likeness (QED) is 0.747. The predicted molar refractivity (Wildman–Crippen MR) is 68.4 cm³/mol. The van der Waals surface area contributed by atoms with Crippen LogP contribution in [0.25, 0.3) is 11.1 Å². The molecule has 0 amide bonds. The fourth-order valence-electron chi connectivity index (χ4n) is 1.91. The average Bonchev–Trinajstić information content (AvgIpc) is 2.32. The minimum Gasteiger partial charge on any atom is -0.264 e. The molecule has 0 spiro atoms. The van der Waals surface area contributed by atoms with E-state index in [1.807, 2.05) is 12.4 Å². The molecular formula is C15H17N. The molecule has 1 heteroatoms. The largest absolute Gasteiger partial charge is 0.264 e. The summed E-state index contributed by atoms with van der Waals surface area (Å²) >= 11 is 0. The van der Waals surface area contributed by atoms with Crippen LogP contribution in [0.4, 0.5) is 0 Å². The Kier molecular flexibility index (Phi) is 3.35. The molecule has 1 heterocycles. The molecular weight excluding hydrogens is 194 g/mol. The molecule has 1 aromatic heterocycles. The van der Waals surface area contributed by atoms with E-state index in [1.54, 1.807) is 0 Å². The molecule has 1 nitrogen and oxygen atoms in total. The zero-order valence-corrected chi connectivity index (χ0v) is 9.90. The summed E-state index contributed by atoms with van der Waals surface area (Å²) in [5.41, 5.74) is 5.25. The van der Waals surface area contributed by atoms with Crippen LogP contribution in [0.1, 0.15) is 24.5 Å². The Labute approximate surface area is 97.2 Å². The number of nitrogens with zero attached hydrogens (tertiary/aromatic N) is 1. The van der Waals surface area contributed by atoms with Gasteiger partial charge in [0.25, 0.3) is 0 Å². The van der Waals surface area contributed by atoms with Crippen LogP contribution in [0.3, 0.4) is 0 Å². The smallest absolute Gasteiger partial charge is 0.0306 e. The Bertz CT molecular complexity index is 457. The second-order valence-corrected chi connectivity index (χ2v) is 4.15. The monoisotopic (exact) mass is 211 g/mol. The van der Waals surface area contributed by atoms with Gasteiger partial charge in [-0.1, -0.05) is 43.2 Å². The molecule has 82 valence electrons. The molecule has 16 heavy (non-hydrogen) atoms. The summed E-state index contributed by atoms with van der Waals surface area (Å²) in [6, 6.07) is 10.8. The lowest BCUT2D eigenvalue weighted by Gasteiger charge is -2.08. The summed E-state index contributed by atoms with van der Waals surface area (Å²) in [5, 5.41) is 0. The van der Waals surface area contributed by atoms with Crippen molar-refractivity contribution in [1.82, 2.24) is 4.98 Å². The van der Waals surface area contributed by atoms with Gasteiger partial charge in [-0.25, -0.2) is 0 Å². The topological polar surface area (TPSA) is 12.9 Å². The molecule has 0 aliphatic carbocycles. The Balaban J connectivity index is 2.42. The first-order valence-corrected chi connectivity index (χ1v) is 5.81. The summed E-state index contributed by atoms with van der Waals surface area (Å²) in [5.74, 6) is 0. The van der Waals surface area contributed by atoms with Crippen molar-refractivity contribution in [2.24, 2.45) is 0 Å². The predicted octanol–water partition coefficient (Wildman–Crippen LogP) is 4.01. The van der Waals surface area contributed by atoms with Crippen LogP contribution in [0.2, 0.25) is 0 Å². The van der Waals surface area contributed by atoms with Gasteiger partial charge in [-0.2, -0.15) is 0 Å². The molecule has 0 radical (unpaired) electrons. The number of rotatable bonds is 3. The van der Waals surface area contributed by atoms with Crippen molar-refractivity contribution in [3.05, 3.63) is 53.9 Å². The number of pyridine rings is 1. The molecule has 0 N–H and O–H groups in total. The highest BCUT2D eigenvalue weighted by Crippen LogP contribution is 2.24. The number of aryl methyl sites for hydroxylation is 2. The van der Waals surface area contributed by atoms with E-state index in [-0.39, 0.29) is 0 Å². The summed E-state index contributed by atoms with van der Waals surface area (Å²) in [4.78, 5) is 4.21. The molecule has 0 unspecified atom stereocenters. The minimum absolute atomic E-state index is 1.09. The maximum atomic E-state index is 4.21. The molecule has 0 saturated carbocycles. The van der Waals surface area contributed by atoms with Crippen molar-refractivity contribution in [2.45, 2.75) is 26.7 Å². The lowest BCUT2D eigenvalue weighted by Crippen LogP contribution is -1.90. The molecule has 0 aliphatic rings. The summed E-state index contributed by atoms with van der Waals surface area (Å²) < 4.78 is 0. The van der Waals surface area contributed by atoms with E-state index in [9.17, 15) is 0 Å². The van der Waals surface area contributed by atoms with E-state index in [0.29, 0.717) is 0 Å². The number of hydrogen-bond acceptors (Lipinski definition) is 1. The Morgan fingerprint density at radius 2 is 1.81 bits per heavy atom. The maximum Gasteiger partial charge on any atom is 0.0306 e. The van der Waals surface area contributed by atoms with Crippen LogP contribution in [0.5, 0.6) is 0 Å². The fraction of sp³-hybridized carbons (Fsp3) is 0.267. The van der Waals surface area contributed by atoms with E-state index in [4.69, 9.17) is 0 Å². The van der Waals surface area contributed by atoms with Crippen LogP contribution in [-0.2, 0) is 6.42 Å². The average molecular weight is 211 g/mol. The van der Waals surface area contributed by atoms with Gasteiger partial charge in [0.2, 0.25) is 0 Å². The summed E-state index contributed by atoms with van der Waals surface area (Å²) in [6.07, 6.45) is 6.11. The molecule has 0 atom stereocenters. The van der Waals surface area contributed by atoms with Gasteiger partial charge in [0.15, 0.2) is 0 Å². The maximum absolute atomic E-state index is 4.21. The Morgan fingerprint density at radius 1 is 1.06 bits per heavy atom. The second-order valence-electron chi connectivity index (χ2n) is 4.15. The van der Waals surface area contributed by atoms with E-state index in [0.717, 1.165) is 12.8 Å². The van der Waals surface area contributed by atoms with Crippen molar-refractivity contribution >= 4 is 0 Å². The van der Waals surface area contributed by atoms with Crippen molar-refractivity contribution in [2.75, 3.05) is 0 Å². The molecule has 1 aromatic carbocycles. The Morgan fingerprint density at radius 3 is 2.50 bits per heavy atom. The van der Waals surface area contributed by atoms with Crippen molar-refractivity contribution < 1.29 is 0 Å². The van der Waals surface area contributed by atoms with Gasteiger partial charge in [0.1, 0.15) is 0 Å². The van der Waals surface area contributed by atoms with Crippen molar-refractivity contribution in [3.8, 4) is 11.1 Å². The zero-order chi connectivity index (χ0) is 11.4. The van der Waals surface area contributed by atoms with Gasteiger partial charge in [0, 0.05) is 12.4 Å². The zero-order valence-electron chi connectivity index (χ0n) is 9.90. The Hall–Kier alpha value is -1.63. The van der Waals surface area contributed by atoms with Gasteiger partial charge >= 0.3 is 0 Å². The second kappa shape index (κ2) is 4.93. The molecule has 0 saturated heterocycles. The normalized spacial score (nSPS) is 10.4. The molecule has 2 aromatic rings. The number of aromatic nitrogens is 1. The van der Waals surface area contributed by atoms with Crippen LogP contribution in [-0.4, -0.2) is 4.98 Å². The first kappa shape index (κ1) is 10.9. The van der Waals surface area contributed by atoms with Gasteiger partial charge in [-0.15, -0.1) is 0 Å². The third kappa shape index (κ3) is 2.30. The van der Waals surface area contributed by atoms with Crippen LogP contribution in [0.15, 0.2) is 42.7 Å². The highest BCUT2D eigenvalue weighted by Gasteiger charge is 2.03. The van der Waals surface area contributed by atoms with Crippen molar-refractivity contribution in [3.63, 3.8) is 0 Å². The van der Waals surface area contributed by atoms with Gasteiger partial charge < -0.3 is 0 Å². The highest BCUT2D eigenvalue weighted by molar-refractivity contribution is 5.66. The van der Waals surface area contributed by atoms with Crippen LogP contribution in [0, 0.1) is 6.92 Å². The fourth-order valence-corrected chi connectivity index (χ4v) is 1.91. The van der Waals surface area contributed by atoms with Gasteiger partial charge in [-0.05, 0) is 36.1 Å². The number of benzene rings is 1. The molecule has 2 rings (SSSR count). The lowest BCUT2D eigenvalue weighted by atomic mass is 9.98. The van der Waals surface area contributed by atoms with E-state index in [1.165, 1.54) is 22.3 Å². The number of hydrogen-bond donors (Lipinski definition) is 0.